The number of hydrogen-bond acceptors (Lipinski definition) is 2. The van der Waals surface area contributed by atoms with Crippen molar-refractivity contribution in [2.45, 2.75) is 44.9 Å². The molecule has 2 N–H and O–H groups in total. The van der Waals surface area contributed by atoms with Crippen molar-refractivity contribution >= 4 is 5.91 Å². The fourth-order valence-corrected chi connectivity index (χ4v) is 3.21. The van der Waals surface area contributed by atoms with Crippen molar-refractivity contribution in [3.8, 4) is 0 Å². The predicted molar refractivity (Wildman–Crippen MR) is 90.3 cm³/mol. The first kappa shape index (κ1) is 15.8. The van der Waals surface area contributed by atoms with Gasteiger partial charge in [-0.15, -0.1) is 0 Å². The molecular formula is C19H24N2O2. The van der Waals surface area contributed by atoms with Gasteiger partial charge in [0.05, 0.1) is 6.10 Å². The highest BCUT2D eigenvalue weighted by Gasteiger charge is 2.33. The summed E-state index contributed by atoms with van der Waals surface area (Å²) in [4.78, 5) is 12.4. The number of hydrogen-bond donors (Lipinski definition) is 2. The van der Waals surface area contributed by atoms with E-state index in [0.717, 1.165) is 25.8 Å². The summed E-state index contributed by atoms with van der Waals surface area (Å²) in [5.74, 6) is 0.387. The number of nitrogens with one attached hydrogen (secondary N) is 1. The zero-order chi connectivity index (χ0) is 16.2. The van der Waals surface area contributed by atoms with Crippen molar-refractivity contribution < 1.29 is 9.90 Å². The Balaban J connectivity index is 1.58. The molecule has 0 unspecified atom stereocenters. The minimum absolute atomic E-state index is 0.0225. The van der Waals surface area contributed by atoms with Gasteiger partial charge < -0.3 is 15.0 Å². The van der Waals surface area contributed by atoms with Gasteiger partial charge in [-0.25, -0.2) is 0 Å². The number of aromatic nitrogens is 1. The third-order valence-electron chi connectivity index (χ3n) is 4.72. The Morgan fingerprint density at radius 3 is 2.48 bits per heavy atom. The summed E-state index contributed by atoms with van der Waals surface area (Å²) in [6, 6.07) is 11.9. The maximum absolute atomic E-state index is 12.4. The maximum Gasteiger partial charge on any atom is 0.251 e. The molecule has 2 aromatic rings. The predicted octanol–water partition coefficient (Wildman–Crippen LogP) is 2.82. The Labute approximate surface area is 137 Å². The van der Waals surface area contributed by atoms with E-state index in [2.05, 4.69) is 16.8 Å². The summed E-state index contributed by atoms with van der Waals surface area (Å²) in [7, 11) is 0. The van der Waals surface area contributed by atoms with Crippen LogP contribution in [0.25, 0.3) is 0 Å². The Hall–Kier alpha value is -2.07. The van der Waals surface area contributed by atoms with Crippen molar-refractivity contribution in [2.24, 2.45) is 5.92 Å². The summed E-state index contributed by atoms with van der Waals surface area (Å²) < 4.78 is 2.10. The zero-order valence-electron chi connectivity index (χ0n) is 13.5. The SMILES string of the molecule is CC[C@@H](NC(=O)c1ccc(Cn2cccc2)cc1)C1CC(O)C1. The van der Waals surface area contributed by atoms with Gasteiger partial charge in [-0.2, -0.15) is 0 Å². The lowest BCUT2D eigenvalue weighted by Gasteiger charge is -2.37. The average Bonchev–Trinajstić information content (AvgIpc) is 3.03. The molecule has 1 aliphatic rings. The molecule has 1 aliphatic carbocycles. The van der Waals surface area contributed by atoms with Crippen LogP contribution in [0.2, 0.25) is 0 Å². The lowest BCUT2D eigenvalue weighted by molar-refractivity contribution is 0.0232. The van der Waals surface area contributed by atoms with Crippen LogP contribution in [0.4, 0.5) is 0 Å². The second-order valence-electron chi connectivity index (χ2n) is 6.43. The molecule has 1 atom stereocenters. The summed E-state index contributed by atoms with van der Waals surface area (Å²) in [6.45, 7) is 2.89. The lowest BCUT2D eigenvalue weighted by Crippen LogP contribution is -2.46. The molecule has 1 heterocycles. The molecule has 23 heavy (non-hydrogen) atoms. The number of benzene rings is 1. The van der Waals surface area contributed by atoms with E-state index in [0.29, 0.717) is 11.5 Å². The van der Waals surface area contributed by atoms with E-state index in [1.165, 1.54) is 5.56 Å². The maximum atomic E-state index is 12.4. The smallest absolute Gasteiger partial charge is 0.251 e. The van der Waals surface area contributed by atoms with Crippen LogP contribution in [0, 0.1) is 5.92 Å². The van der Waals surface area contributed by atoms with E-state index in [1.807, 2.05) is 48.8 Å². The molecule has 1 amide bonds. The fourth-order valence-electron chi connectivity index (χ4n) is 3.21. The molecule has 4 nitrogen and oxygen atoms in total. The van der Waals surface area contributed by atoms with E-state index in [9.17, 15) is 9.90 Å². The molecule has 0 radical (unpaired) electrons. The van der Waals surface area contributed by atoms with Gasteiger partial charge in [-0.1, -0.05) is 19.1 Å². The standard InChI is InChI=1S/C19H24N2O2/c1-2-18(16-11-17(22)12-16)20-19(23)15-7-5-14(6-8-15)13-21-9-3-4-10-21/h3-10,16-18,22H,2,11-13H2,1H3,(H,20,23)/t16?,17?,18-/m1/s1. The van der Waals surface area contributed by atoms with E-state index < -0.39 is 0 Å². The van der Waals surface area contributed by atoms with Gasteiger partial charge in [0, 0.05) is 30.5 Å². The van der Waals surface area contributed by atoms with Crippen LogP contribution >= 0.6 is 0 Å². The summed E-state index contributed by atoms with van der Waals surface area (Å²) >= 11 is 0. The second kappa shape index (κ2) is 7.01. The first-order chi connectivity index (χ1) is 11.2. The van der Waals surface area contributed by atoms with Crippen LogP contribution in [0.3, 0.4) is 0 Å². The Bertz CT molecular complexity index is 628. The molecule has 1 aromatic heterocycles. The molecule has 0 bridgehead atoms. The van der Waals surface area contributed by atoms with Crippen molar-refractivity contribution in [2.75, 3.05) is 0 Å². The lowest BCUT2D eigenvalue weighted by atomic mass is 9.76. The number of amides is 1. The van der Waals surface area contributed by atoms with Crippen LogP contribution in [-0.4, -0.2) is 27.7 Å². The normalized spacial score (nSPS) is 21.5. The number of carbonyl (C=O) groups excluding carboxylic acids is 1. The number of rotatable bonds is 6. The highest BCUT2D eigenvalue weighted by Crippen LogP contribution is 2.31. The number of carbonyl (C=O) groups is 1. The van der Waals surface area contributed by atoms with Gasteiger partial charge in [0.25, 0.3) is 5.91 Å². The third kappa shape index (κ3) is 3.82. The molecule has 4 heteroatoms. The summed E-state index contributed by atoms with van der Waals surface area (Å²) in [5, 5.41) is 12.6. The monoisotopic (exact) mass is 312 g/mol. The van der Waals surface area contributed by atoms with Gasteiger partial charge in [-0.3, -0.25) is 4.79 Å². The minimum Gasteiger partial charge on any atom is -0.393 e. The third-order valence-corrected chi connectivity index (χ3v) is 4.72. The Morgan fingerprint density at radius 2 is 1.91 bits per heavy atom. The average molecular weight is 312 g/mol. The van der Waals surface area contributed by atoms with E-state index in [1.54, 1.807) is 0 Å². The van der Waals surface area contributed by atoms with Crippen LogP contribution in [0.15, 0.2) is 48.8 Å². The van der Waals surface area contributed by atoms with Gasteiger partial charge in [-0.05, 0) is 55.0 Å². The zero-order valence-corrected chi connectivity index (χ0v) is 13.5. The Morgan fingerprint density at radius 1 is 1.26 bits per heavy atom. The largest absolute Gasteiger partial charge is 0.393 e. The molecule has 122 valence electrons. The number of nitrogens with zero attached hydrogens (tertiary/aromatic N) is 1. The molecule has 1 fully saturated rings. The van der Waals surface area contributed by atoms with Crippen LogP contribution in [-0.2, 0) is 6.54 Å². The topological polar surface area (TPSA) is 54.3 Å². The van der Waals surface area contributed by atoms with E-state index in [-0.39, 0.29) is 18.1 Å². The molecule has 3 rings (SSSR count). The number of aliphatic hydroxyl groups is 1. The van der Waals surface area contributed by atoms with Gasteiger partial charge in [0.15, 0.2) is 0 Å². The van der Waals surface area contributed by atoms with Crippen LogP contribution in [0.5, 0.6) is 0 Å². The Kier molecular flexibility index (Phi) is 4.82. The van der Waals surface area contributed by atoms with Crippen molar-refractivity contribution in [1.82, 2.24) is 9.88 Å². The fraction of sp³-hybridized carbons (Fsp3) is 0.421. The molecular weight excluding hydrogens is 288 g/mol. The molecule has 0 saturated heterocycles. The highest BCUT2D eigenvalue weighted by molar-refractivity contribution is 5.94. The first-order valence-corrected chi connectivity index (χ1v) is 8.34. The van der Waals surface area contributed by atoms with Crippen LogP contribution in [0.1, 0.15) is 42.1 Å². The molecule has 1 saturated carbocycles. The second-order valence-corrected chi connectivity index (χ2v) is 6.43. The van der Waals surface area contributed by atoms with Gasteiger partial charge in [0.2, 0.25) is 0 Å². The van der Waals surface area contributed by atoms with E-state index in [4.69, 9.17) is 0 Å². The van der Waals surface area contributed by atoms with Crippen molar-refractivity contribution in [1.29, 1.82) is 0 Å². The van der Waals surface area contributed by atoms with Gasteiger partial charge >= 0.3 is 0 Å². The van der Waals surface area contributed by atoms with E-state index >= 15 is 0 Å². The summed E-state index contributed by atoms with van der Waals surface area (Å²) in [6.07, 6.45) is 6.37. The van der Waals surface area contributed by atoms with Crippen LogP contribution < -0.4 is 5.32 Å². The van der Waals surface area contributed by atoms with Crippen molar-refractivity contribution in [3.63, 3.8) is 0 Å². The molecule has 0 spiro atoms. The molecule has 0 aliphatic heterocycles. The quantitative estimate of drug-likeness (QED) is 0.862. The highest BCUT2D eigenvalue weighted by atomic mass is 16.3. The molecule has 1 aromatic carbocycles. The summed E-state index contributed by atoms with van der Waals surface area (Å²) in [5.41, 5.74) is 1.87. The number of aliphatic hydroxyl groups excluding tert-OH is 1. The van der Waals surface area contributed by atoms with Gasteiger partial charge in [0.1, 0.15) is 0 Å². The minimum atomic E-state index is -0.182. The first-order valence-electron chi connectivity index (χ1n) is 8.34. The van der Waals surface area contributed by atoms with Crippen molar-refractivity contribution in [3.05, 3.63) is 59.9 Å².